The number of anilines is 2. The summed E-state index contributed by atoms with van der Waals surface area (Å²) < 4.78 is 1.12. The Hall–Kier alpha value is -1.78. The van der Waals surface area contributed by atoms with Crippen LogP contribution in [0.3, 0.4) is 0 Å². The highest BCUT2D eigenvalue weighted by Crippen LogP contribution is 2.32. The Labute approximate surface area is 126 Å². The second kappa shape index (κ2) is 5.31. The largest absolute Gasteiger partial charge is 0.395 e. The lowest BCUT2D eigenvalue weighted by atomic mass is 10.2. The summed E-state index contributed by atoms with van der Waals surface area (Å²) in [6.07, 6.45) is 0. The molecule has 1 heterocycles. The predicted molar refractivity (Wildman–Crippen MR) is 87.6 cm³/mol. The molecule has 0 aliphatic carbocycles. The molecule has 0 fully saturated rings. The zero-order valence-corrected chi connectivity index (χ0v) is 12.6. The molecule has 3 aromatic rings. The zero-order chi connectivity index (χ0) is 14.1. The molecule has 0 saturated carbocycles. The van der Waals surface area contributed by atoms with Crippen LogP contribution in [0.15, 0.2) is 41.9 Å². The molecular weight excluding hydrogens is 290 g/mol. The fourth-order valence-corrected chi connectivity index (χ4v) is 3.04. The molecule has 0 radical (unpaired) electrons. The summed E-state index contributed by atoms with van der Waals surface area (Å²) in [5.74, 6) is 0. The number of nitrogens with two attached hydrogens (primary N) is 1. The van der Waals surface area contributed by atoms with E-state index < -0.39 is 0 Å². The molecule has 0 aliphatic rings. The highest BCUT2D eigenvalue weighted by molar-refractivity contribution is 7.16. The van der Waals surface area contributed by atoms with Crippen LogP contribution in [0.5, 0.6) is 0 Å². The minimum Gasteiger partial charge on any atom is -0.395 e. The van der Waals surface area contributed by atoms with Crippen LogP contribution in [0.1, 0.15) is 5.56 Å². The standard InChI is InChI=1S/C15H14ClN3S/c1-19(8-10-2-4-11(16)5-3-10)12-6-7-13-15(14(12)17)18-9-20-13/h2-7,9H,8,17H2,1H3. The number of hydrogen-bond acceptors (Lipinski definition) is 4. The van der Waals surface area contributed by atoms with Crippen molar-refractivity contribution in [3.63, 3.8) is 0 Å². The van der Waals surface area contributed by atoms with Gasteiger partial charge in [-0.1, -0.05) is 23.7 Å². The molecule has 2 N–H and O–H groups in total. The third kappa shape index (κ3) is 2.44. The summed E-state index contributed by atoms with van der Waals surface area (Å²) in [6, 6.07) is 12.0. The Bertz CT molecular complexity index is 736. The van der Waals surface area contributed by atoms with Crippen molar-refractivity contribution in [2.75, 3.05) is 17.7 Å². The van der Waals surface area contributed by atoms with E-state index in [0.29, 0.717) is 0 Å². The molecule has 0 unspecified atom stereocenters. The Kier molecular flexibility index (Phi) is 3.51. The first-order valence-electron chi connectivity index (χ1n) is 6.22. The lowest BCUT2D eigenvalue weighted by molar-refractivity contribution is 0.925. The number of halogens is 1. The van der Waals surface area contributed by atoms with Gasteiger partial charge in [-0.3, -0.25) is 0 Å². The van der Waals surface area contributed by atoms with E-state index in [1.807, 2.05) is 42.9 Å². The van der Waals surface area contributed by atoms with E-state index in [-0.39, 0.29) is 0 Å². The number of hydrogen-bond donors (Lipinski definition) is 1. The molecule has 0 bridgehead atoms. The molecule has 0 amide bonds. The normalized spacial score (nSPS) is 10.9. The Morgan fingerprint density at radius 3 is 2.70 bits per heavy atom. The van der Waals surface area contributed by atoms with Crippen LogP contribution < -0.4 is 10.6 Å². The molecule has 5 heteroatoms. The SMILES string of the molecule is CN(Cc1ccc(Cl)cc1)c1ccc2scnc2c1N. The van der Waals surface area contributed by atoms with Gasteiger partial charge in [0.1, 0.15) is 5.52 Å². The van der Waals surface area contributed by atoms with Crippen LogP contribution in [0.2, 0.25) is 5.02 Å². The maximum Gasteiger partial charge on any atom is 0.106 e. The lowest BCUT2D eigenvalue weighted by Crippen LogP contribution is -2.17. The van der Waals surface area contributed by atoms with Gasteiger partial charge in [-0.2, -0.15) is 0 Å². The maximum absolute atomic E-state index is 6.22. The number of fused-ring (bicyclic) bond motifs is 1. The van der Waals surface area contributed by atoms with Crippen LogP contribution in [0, 0.1) is 0 Å². The third-order valence-corrected chi connectivity index (χ3v) is 4.31. The van der Waals surface area contributed by atoms with Crippen molar-refractivity contribution in [1.29, 1.82) is 0 Å². The van der Waals surface area contributed by atoms with Crippen LogP contribution in [0.4, 0.5) is 11.4 Å². The fourth-order valence-electron chi connectivity index (χ4n) is 2.22. The zero-order valence-electron chi connectivity index (χ0n) is 11.0. The summed E-state index contributed by atoms with van der Waals surface area (Å²) in [4.78, 5) is 6.45. The first kappa shape index (κ1) is 13.2. The van der Waals surface area contributed by atoms with Gasteiger partial charge in [-0.15, -0.1) is 11.3 Å². The van der Waals surface area contributed by atoms with Gasteiger partial charge in [-0.05, 0) is 29.8 Å². The van der Waals surface area contributed by atoms with E-state index in [0.717, 1.165) is 33.2 Å². The average molecular weight is 304 g/mol. The second-order valence-electron chi connectivity index (χ2n) is 4.68. The van der Waals surface area contributed by atoms with Crippen molar-refractivity contribution in [2.45, 2.75) is 6.54 Å². The molecule has 0 atom stereocenters. The van der Waals surface area contributed by atoms with E-state index >= 15 is 0 Å². The van der Waals surface area contributed by atoms with Gasteiger partial charge in [0.2, 0.25) is 0 Å². The van der Waals surface area contributed by atoms with Crippen molar-refractivity contribution in [3.8, 4) is 0 Å². The molecule has 1 aromatic heterocycles. The van der Waals surface area contributed by atoms with Crippen molar-refractivity contribution >= 4 is 44.5 Å². The Morgan fingerprint density at radius 1 is 1.20 bits per heavy atom. The highest BCUT2D eigenvalue weighted by atomic mass is 35.5. The molecule has 2 aromatic carbocycles. The number of nitrogen functional groups attached to an aromatic ring is 1. The fraction of sp³-hybridized carbons (Fsp3) is 0.133. The molecule has 3 rings (SSSR count). The molecule has 3 nitrogen and oxygen atoms in total. The smallest absolute Gasteiger partial charge is 0.106 e. The van der Waals surface area contributed by atoms with E-state index in [4.69, 9.17) is 17.3 Å². The van der Waals surface area contributed by atoms with E-state index in [1.165, 1.54) is 5.56 Å². The molecular formula is C15H14ClN3S. The van der Waals surface area contributed by atoms with Crippen LogP contribution in [-0.2, 0) is 6.54 Å². The molecule has 0 spiro atoms. The minimum absolute atomic E-state index is 0.736. The predicted octanol–water partition coefficient (Wildman–Crippen LogP) is 4.17. The van der Waals surface area contributed by atoms with Crippen molar-refractivity contribution in [1.82, 2.24) is 4.98 Å². The highest BCUT2D eigenvalue weighted by Gasteiger charge is 2.10. The average Bonchev–Trinajstić information content (AvgIpc) is 2.91. The van der Waals surface area contributed by atoms with Gasteiger partial charge in [-0.25, -0.2) is 4.98 Å². The van der Waals surface area contributed by atoms with Crippen LogP contribution in [-0.4, -0.2) is 12.0 Å². The third-order valence-electron chi connectivity index (χ3n) is 3.26. The maximum atomic E-state index is 6.22. The van der Waals surface area contributed by atoms with Gasteiger partial charge in [0.15, 0.2) is 0 Å². The van der Waals surface area contributed by atoms with Crippen molar-refractivity contribution in [3.05, 3.63) is 52.5 Å². The number of aromatic nitrogens is 1. The molecule has 0 aliphatic heterocycles. The van der Waals surface area contributed by atoms with Gasteiger partial charge < -0.3 is 10.6 Å². The first-order chi connectivity index (χ1) is 9.65. The number of nitrogens with zero attached hydrogens (tertiary/aromatic N) is 2. The summed E-state index contributed by atoms with van der Waals surface area (Å²) in [7, 11) is 2.03. The minimum atomic E-state index is 0.736. The van der Waals surface area contributed by atoms with Crippen LogP contribution >= 0.6 is 22.9 Å². The van der Waals surface area contributed by atoms with E-state index in [1.54, 1.807) is 11.3 Å². The van der Waals surface area contributed by atoms with Crippen molar-refractivity contribution in [2.24, 2.45) is 0 Å². The quantitative estimate of drug-likeness (QED) is 0.738. The second-order valence-corrected chi connectivity index (χ2v) is 6.00. The Balaban J connectivity index is 1.90. The Morgan fingerprint density at radius 2 is 1.95 bits per heavy atom. The topological polar surface area (TPSA) is 42.2 Å². The summed E-state index contributed by atoms with van der Waals surface area (Å²) in [6.45, 7) is 0.775. The van der Waals surface area contributed by atoms with E-state index in [9.17, 15) is 0 Å². The number of benzene rings is 2. The molecule has 102 valence electrons. The van der Waals surface area contributed by atoms with Crippen molar-refractivity contribution < 1.29 is 0 Å². The first-order valence-corrected chi connectivity index (χ1v) is 7.48. The van der Waals surface area contributed by atoms with Crippen LogP contribution in [0.25, 0.3) is 10.2 Å². The number of rotatable bonds is 3. The summed E-state index contributed by atoms with van der Waals surface area (Å²) >= 11 is 7.51. The summed E-state index contributed by atoms with van der Waals surface area (Å²) in [5.41, 5.74) is 11.9. The van der Waals surface area contributed by atoms with Gasteiger partial charge in [0.25, 0.3) is 0 Å². The summed E-state index contributed by atoms with van der Waals surface area (Å²) in [5, 5.41) is 0.750. The molecule has 20 heavy (non-hydrogen) atoms. The monoisotopic (exact) mass is 303 g/mol. The number of thiazole rings is 1. The van der Waals surface area contributed by atoms with E-state index in [2.05, 4.69) is 16.0 Å². The van der Waals surface area contributed by atoms with Gasteiger partial charge >= 0.3 is 0 Å². The van der Waals surface area contributed by atoms with Gasteiger partial charge in [0.05, 0.1) is 21.6 Å². The van der Waals surface area contributed by atoms with Gasteiger partial charge in [0, 0.05) is 18.6 Å². The molecule has 0 saturated heterocycles. The lowest BCUT2D eigenvalue weighted by Gasteiger charge is -2.21.